The number of anilines is 1. The largest absolute Gasteiger partial charge is 0.381 e. The molecule has 2 aromatic heterocycles. The second-order valence-corrected chi connectivity index (χ2v) is 6.73. The van der Waals surface area contributed by atoms with E-state index in [-0.39, 0.29) is 17.9 Å². The van der Waals surface area contributed by atoms with Crippen molar-refractivity contribution >= 4 is 17.4 Å². The first kappa shape index (κ1) is 15.4. The summed E-state index contributed by atoms with van der Waals surface area (Å²) in [4.78, 5) is 18.9. The lowest BCUT2D eigenvalue weighted by Crippen LogP contribution is -2.39. The second-order valence-electron chi connectivity index (χ2n) is 6.73. The summed E-state index contributed by atoms with van der Waals surface area (Å²) in [6.07, 6.45) is 4.79. The number of rotatable bonds is 3. The normalized spacial score (nSPS) is 24.5. The molecular formula is C17H23N5O2. The van der Waals surface area contributed by atoms with Crippen molar-refractivity contribution in [3.05, 3.63) is 24.0 Å². The first-order chi connectivity index (χ1) is 11.7. The molecule has 2 aromatic rings. The monoisotopic (exact) mass is 329 g/mol. The Labute approximate surface area is 141 Å². The van der Waals surface area contributed by atoms with Gasteiger partial charge in [-0.1, -0.05) is 0 Å². The molecule has 2 fully saturated rings. The number of nitrogens with one attached hydrogen (secondary N) is 1. The van der Waals surface area contributed by atoms with Crippen molar-refractivity contribution in [1.29, 1.82) is 0 Å². The van der Waals surface area contributed by atoms with Crippen LogP contribution in [0, 0.1) is 12.8 Å². The number of hydrogen-bond donors (Lipinski definition) is 1. The second kappa shape index (κ2) is 6.39. The molecule has 0 aliphatic carbocycles. The molecule has 2 saturated heterocycles. The zero-order valence-electron chi connectivity index (χ0n) is 13.9. The Bertz CT molecular complexity index is 738. The fourth-order valence-electron chi connectivity index (χ4n) is 3.56. The van der Waals surface area contributed by atoms with Crippen LogP contribution in [-0.4, -0.2) is 57.8 Å². The van der Waals surface area contributed by atoms with Crippen molar-refractivity contribution in [1.82, 2.24) is 19.5 Å². The molecule has 4 heterocycles. The predicted molar refractivity (Wildman–Crippen MR) is 89.9 cm³/mol. The quantitative estimate of drug-likeness (QED) is 0.923. The molecule has 128 valence electrons. The third kappa shape index (κ3) is 3.08. The summed E-state index contributed by atoms with van der Waals surface area (Å²) in [7, 11) is 0. The van der Waals surface area contributed by atoms with E-state index >= 15 is 0 Å². The SMILES string of the molecule is Cc1cn2nc(N[C@@H]3CCN(C(=O)[C@H]4CCCOC4)C3)ccc2n1. The van der Waals surface area contributed by atoms with Gasteiger partial charge >= 0.3 is 0 Å². The minimum atomic E-state index is 0.0425. The number of imidazole rings is 1. The van der Waals surface area contributed by atoms with Gasteiger partial charge < -0.3 is 15.0 Å². The fraction of sp³-hybridized carbons (Fsp3) is 0.588. The van der Waals surface area contributed by atoms with Crippen LogP contribution in [0.3, 0.4) is 0 Å². The maximum atomic E-state index is 12.6. The van der Waals surface area contributed by atoms with Gasteiger partial charge in [-0.25, -0.2) is 9.50 Å². The highest BCUT2D eigenvalue weighted by Crippen LogP contribution is 2.21. The van der Waals surface area contributed by atoms with Gasteiger partial charge in [0.25, 0.3) is 0 Å². The molecule has 4 rings (SSSR count). The van der Waals surface area contributed by atoms with Crippen LogP contribution < -0.4 is 5.32 Å². The van der Waals surface area contributed by atoms with E-state index in [9.17, 15) is 4.79 Å². The zero-order valence-corrected chi connectivity index (χ0v) is 13.9. The van der Waals surface area contributed by atoms with Gasteiger partial charge in [0, 0.05) is 25.7 Å². The highest BCUT2D eigenvalue weighted by molar-refractivity contribution is 5.79. The third-order valence-corrected chi connectivity index (χ3v) is 4.80. The summed E-state index contributed by atoms with van der Waals surface area (Å²) < 4.78 is 7.23. The van der Waals surface area contributed by atoms with E-state index in [1.807, 2.05) is 30.2 Å². The van der Waals surface area contributed by atoms with Gasteiger partial charge in [0.1, 0.15) is 5.82 Å². The van der Waals surface area contributed by atoms with E-state index in [0.29, 0.717) is 6.61 Å². The molecule has 0 unspecified atom stereocenters. The van der Waals surface area contributed by atoms with E-state index in [4.69, 9.17) is 4.74 Å². The number of nitrogens with zero attached hydrogens (tertiary/aromatic N) is 4. The summed E-state index contributed by atoms with van der Waals surface area (Å²) >= 11 is 0. The average Bonchev–Trinajstić information content (AvgIpc) is 3.20. The highest BCUT2D eigenvalue weighted by Gasteiger charge is 2.32. The van der Waals surface area contributed by atoms with E-state index < -0.39 is 0 Å². The standard InChI is InChI=1S/C17H23N5O2/c1-12-9-22-16(18-12)5-4-15(20-22)19-14-6-7-21(10-14)17(23)13-3-2-8-24-11-13/h4-5,9,13-14H,2-3,6-8,10-11H2,1H3,(H,19,20)/t13-,14+/m0/s1. The average molecular weight is 329 g/mol. The predicted octanol–water partition coefficient (Wildman–Crippen LogP) is 1.48. The number of likely N-dealkylation sites (tertiary alicyclic amines) is 1. The highest BCUT2D eigenvalue weighted by atomic mass is 16.5. The summed E-state index contributed by atoms with van der Waals surface area (Å²) in [5.74, 6) is 1.11. The number of carbonyl (C=O) groups is 1. The minimum Gasteiger partial charge on any atom is -0.381 e. The van der Waals surface area contributed by atoms with E-state index in [1.165, 1.54) is 0 Å². The smallest absolute Gasteiger partial charge is 0.228 e. The number of ether oxygens (including phenoxy) is 1. The van der Waals surface area contributed by atoms with Crippen molar-refractivity contribution in [3.8, 4) is 0 Å². The molecule has 2 aliphatic heterocycles. The molecule has 0 radical (unpaired) electrons. The first-order valence-electron chi connectivity index (χ1n) is 8.65. The Kier molecular flexibility index (Phi) is 4.10. The van der Waals surface area contributed by atoms with E-state index in [1.54, 1.807) is 4.52 Å². The molecule has 2 atom stereocenters. The molecule has 1 N–H and O–H groups in total. The molecule has 24 heavy (non-hydrogen) atoms. The third-order valence-electron chi connectivity index (χ3n) is 4.80. The zero-order chi connectivity index (χ0) is 16.5. The molecule has 2 aliphatic rings. The summed E-state index contributed by atoms with van der Waals surface area (Å²) in [6, 6.07) is 4.15. The fourth-order valence-corrected chi connectivity index (χ4v) is 3.56. The van der Waals surface area contributed by atoms with Gasteiger partial charge in [0.15, 0.2) is 5.65 Å². The molecule has 0 aromatic carbocycles. The van der Waals surface area contributed by atoms with Gasteiger partial charge in [-0.05, 0) is 38.3 Å². The van der Waals surface area contributed by atoms with Crippen molar-refractivity contribution in [2.75, 3.05) is 31.6 Å². The maximum absolute atomic E-state index is 12.6. The van der Waals surface area contributed by atoms with E-state index in [0.717, 1.165) is 56.1 Å². The Morgan fingerprint density at radius 1 is 1.38 bits per heavy atom. The Morgan fingerprint density at radius 3 is 3.12 bits per heavy atom. The number of amides is 1. The van der Waals surface area contributed by atoms with Crippen LogP contribution in [0.5, 0.6) is 0 Å². The summed E-state index contributed by atoms with van der Waals surface area (Å²) in [5, 5.41) is 7.98. The van der Waals surface area contributed by atoms with Crippen LogP contribution in [-0.2, 0) is 9.53 Å². The number of hydrogen-bond acceptors (Lipinski definition) is 5. The minimum absolute atomic E-state index is 0.0425. The van der Waals surface area contributed by atoms with Crippen LogP contribution in [0.25, 0.3) is 5.65 Å². The van der Waals surface area contributed by atoms with Crippen LogP contribution in [0.1, 0.15) is 25.0 Å². The lowest BCUT2D eigenvalue weighted by atomic mass is 10.0. The van der Waals surface area contributed by atoms with Gasteiger partial charge in [0.2, 0.25) is 5.91 Å². The molecule has 7 heteroatoms. The number of aryl methyl sites for hydroxylation is 1. The van der Waals surface area contributed by atoms with Crippen molar-refractivity contribution in [2.45, 2.75) is 32.2 Å². The molecule has 0 spiro atoms. The lowest BCUT2D eigenvalue weighted by Gasteiger charge is -2.26. The Morgan fingerprint density at radius 2 is 2.29 bits per heavy atom. The number of carbonyl (C=O) groups excluding carboxylic acids is 1. The van der Waals surface area contributed by atoms with Crippen LogP contribution in [0.2, 0.25) is 0 Å². The van der Waals surface area contributed by atoms with Crippen molar-refractivity contribution < 1.29 is 9.53 Å². The van der Waals surface area contributed by atoms with Crippen molar-refractivity contribution in [3.63, 3.8) is 0 Å². The van der Waals surface area contributed by atoms with Crippen LogP contribution >= 0.6 is 0 Å². The molecule has 0 bridgehead atoms. The van der Waals surface area contributed by atoms with Crippen LogP contribution in [0.4, 0.5) is 5.82 Å². The van der Waals surface area contributed by atoms with Gasteiger partial charge in [0.05, 0.1) is 24.4 Å². The number of fused-ring (bicyclic) bond motifs is 1. The molecular weight excluding hydrogens is 306 g/mol. The van der Waals surface area contributed by atoms with Gasteiger partial charge in [-0.15, -0.1) is 5.10 Å². The van der Waals surface area contributed by atoms with Crippen molar-refractivity contribution in [2.24, 2.45) is 5.92 Å². The van der Waals surface area contributed by atoms with Gasteiger partial charge in [-0.3, -0.25) is 4.79 Å². The van der Waals surface area contributed by atoms with Gasteiger partial charge in [-0.2, -0.15) is 0 Å². The Hall–Kier alpha value is -2.15. The van der Waals surface area contributed by atoms with Crippen LogP contribution in [0.15, 0.2) is 18.3 Å². The molecule has 0 saturated carbocycles. The molecule has 1 amide bonds. The molecule has 7 nitrogen and oxygen atoms in total. The topological polar surface area (TPSA) is 71.8 Å². The maximum Gasteiger partial charge on any atom is 0.228 e. The summed E-state index contributed by atoms with van der Waals surface area (Å²) in [6.45, 7) is 4.86. The Balaban J connectivity index is 1.38. The number of aromatic nitrogens is 3. The summed E-state index contributed by atoms with van der Waals surface area (Å²) in [5.41, 5.74) is 1.80. The lowest BCUT2D eigenvalue weighted by molar-refractivity contribution is -0.138. The van der Waals surface area contributed by atoms with E-state index in [2.05, 4.69) is 15.4 Å². The first-order valence-corrected chi connectivity index (χ1v) is 8.65.